The van der Waals surface area contributed by atoms with E-state index in [-0.39, 0.29) is 22.4 Å². The number of ketones is 1. The van der Waals surface area contributed by atoms with Crippen LogP contribution in [0.3, 0.4) is 0 Å². The molecule has 2 aromatic carbocycles. The molecule has 2 aromatic rings. The highest BCUT2D eigenvalue weighted by Crippen LogP contribution is 2.23. The van der Waals surface area contributed by atoms with E-state index in [2.05, 4.69) is 20.8 Å². The Labute approximate surface area is 151 Å². The zero-order chi connectivity index (χ0) is 19.5. The number of rotatable bonds is 5. The van der Waals surface area contributed by atoms with E-state index in [0.29, 0.717) is 5.56 Å². The average molecular weight is 355 g/mol. The van der Waals surface area contributed by atoms with Crippen LogP contribution in [0, 0.1) is 10.1 Å². The molecule has 0 bridgehead atoms. The van der Waals surface area contributed by atoms with Crippen LogP contribution in [0.15, 0.2) is 48.5 Å². The first-order valence-corrected chi connectivity index (χ1v) is 8.20. The molecule has 0 aliphatic carbocycles. The van der Waals surface area contributed by atoms with Crippen molar-refractivity contribution in [2.45, 2.75) is 39.2 Å². The number of Topliss-reactive ketones (excluding diaryl/α,β-unsaturated/α-hetero) is 1. The van der Waals surface area contributed by atoms with Gasteiger partial charge in [-0.1, -0.05) is 45.0 Å². The quantitative estimate of drug-likeness (QED) is 0.345. The Hall–Kier alpha value is -3.02. The van der Waals surface area contributed by atoms with Crippen LogP contribution in [-0.4, -0.2) is 22.8 Å². The summed E-state index contributed by atoms with van der Waals surface area (Å²) in [6.45, 7) is 7.75. The lowest BCUT2D eigenvalue weighted by Crippen LogP contribution is -2.24. The predicted octanol–water partition coefficient (Wildman–Crippen LogP) is 4.32. The van der Waals surface area contributed by atoms with Crippen molar-refractivity contribution in [3.63, 3.8) is 0 Å². The van der Waals surface area contributed by atoms with Gasteiger partial charge in [-0.2, -0.15) is 0 Å². The number of carbonyl (C=O) groups excluding carboxylic acids is 2. The molecule has 6 heteroatoms. The lowest BCUT2D eigenvalue weighted by molar-refractivity contribution is -0.384. The Balaban J connectivity index is 2.06. The van der Waals surface area contributed by atoms with E-state index >= 15 is 0 Å². The Morgan fingerprint density at radius 1 is 0.962 bits per heavy atom. The van der Waals surface area contributed by atoms with Gasteiger partial charge in [0.15, 0.2) is 6.10 Å². The molecule has 1 atom stereocenters. The monoisotopic (exact) mass is 355 g/mol. The first-order chi connectivity index (χ1) is 12.1. The molecule has 6 nitrogen and oxygen atoms in total. The van der Waals surface area contributed by atoms with Gasteiger partial charge in [0.1, 0.15) is 0 Å². The van der Waals surface area contributed by atoms with Gasteiger partial charge in [0, 0.05) is 17.7 Å². The summed E-state index contributed by atoms with van der Waals surface area (Å²) < 4.78 is 5.19. The number of nitrogens with zero attached hydrogens (tertiary/aromatic N) is 1. The Morgan fingerprint density at radius 2 is 1.46 bits per heavy atom. The van der Waals surface area contributed by atoms with Crippen molar-refractivity contribution in [1.29, 1.82) is 0 Å². The molecule has 0 N–H and O–H groups in total. The Kier molecular flexibility index (Phi) is 5.55. The summed E-state index contributed by atoms with van der Waals surface area (Å²) in [7, 11) is 0. The van der Waals surface area contributed by atoms with E-state index in [1.54, 1.807) is 12.1 Å². The van der Waals surface area contributed by atoms with Gasteiger partial charge in [0.25, 0.3) is 5.69 Å². The van der Waals surface area contributed by atoms with Crippen molar-refractivity contribution < 1.29 is 19.2 Å². The maximum absolute atomic E-state index is 12.4. The van der Waals surface area contributed by atoms with Crippen LogP contribution in [-0.2, 0) is 10.2 Å². The van der Waals surface area contributed by atoms with Gasteiger partial charge in [-0.15, -0.1) is 0 Å². The lowest BCUT2D eigenvalue weighted by Gasteiger charge is -2.19. The second-order valence-electron chi connectivity index (χ2n) is 7.04. The second-order valence-corrected chi connectivity index (χ2v) is 7.04. The maximum atomic E-state index is 12.4. The largest absolute Gasteiger partial charge is 0.451 e. The third-order valence-corrected chi connectivity index (χ3v) is 4.00. The van der Waals surface area contributed by atoms with Gasteiger partial charge < -0.3 is 4.74 Å². The van der Waals surface area contributed by atoms with Gasteiger partial charge in [-0.25, -0.2) is 4.79 Å². The first kappa shape index (κ1) is 19.3. The number of hydrogen-bond donors (Lipinski definition) is 0. The summed E-state index contributed by atoms with van der Waals surface area (Å²) in [6.07, 6.45) is -0.960. The number of ether oxygens (including phenoxy) is 1. The molecule has 0 radical (unpaired) electrons. The summed E-state index contributed by atoms with van der Waals surface area (Å²) >= 11 is 0. The highest BCUT2D eigenvalue weighted by atomic mass is 16.6. The normalized spacial score (nSPS) is 12.3. The molecule has 0 aliphatic rings. The van der Waals surface area contributed by atoms with Crippen molar-refractivity contribution >= 4 is 17.4 Å². The lowest BCUT2D eigenvalue weighted by atomic mass is 9.86. The molecule has 0 heterocycles. The molecule has 0 saturated heterocycles. The molecule has 0 unspecified atom stereocenters. The fourth-order valence-corrected chi connectivity index (χ4v) is 2.37. The minimum absolute atomic E-state index is 0.0183. The molecule has 0 aliphatic heterocycles. The molecule has 26 heavy (non-hydrogen) atoms. The molecule has 0 saturated carbocycles. The van der Waals surface area contributed by atoms with E-state index in [1.807, 2.05) is 12.1 Å². The van der Waals surface area contributed by atoms with Crippen LogP contribution in [0.25, 0.3) is 0 Å². The van der Waals surface area contributed by atoms with Crippen molar-refractivity contribution in [2.75, 3.05) is 0 Å². The molecule has 0 fully saturated rings. The SMILES string of the molecule is C[C@@H](OC(=O)c1ccc([N+](=O)[O-])cc1)C(=O)c1ccc(C(C)(C)C)cc1. The minimum Gasteiger partial charge on any atom is -0.451 e. The van der Waals surface area contributed by atoms with Crippen molar-refractivity contribution in [3.8, 4) is 0 Å². The highest BCUT2D eigenvalue weighted by Gasteiger charge is 2.22. The van der Waals surface area contributed by atoms with Gasteiger partial charge in [-0.3, -0.25) is 14.9 Å². The van der Waals surface area contributed by atoms with E-state index < -0.39 is 17.0 Å². The van der Waals surface area contributed by atoms with Gasteiger partial charge >= 0.3 is 5.97 Å². The summed E-state index contributed by atoms with van der Waals surface area (Å²) in [6, 6.07) is 12.3. The van der Waals surface area contributed by atoms with Crippen molar-refractivity contribution in [1.82, 2.24) is 0 Å². The second kappa shape index (κ2) is 7.47. The Morgan fingerprint density at radius 3 is 1.92 bits per heavy atom. The third kappa shape index (κ3) is 4.53. The van der Waals surface area contributed by atoms with Gasteiger partial charge in [0.05, 0.1) is 10.5 Å². The predicted molar refractivity (Wildman–Crippen MR) is 97.4 cm³/mol. The van der Waals surface area contributed by atoms with E-state index in [4.69, 9.17) is 4.74 Å². The van der Waals surface area contributed by atoms with E-state index in [0.717, 1.165) is 5.56 Å². The van der Waals surface area contributed by atoms with Crippen LogP contribution in [0.4, 0.5) is 5.69 Å². The summed E-state index contributed by atoms with van der Waals surface area (Å²) in [5.41, 5.74) is 1.57. The van der Waals surface area contributed by atoms with E-state index in [1.165, 1.54) is 31.2 Å². The number of hydrogen-bond acceptors (Lipinski definition) is 5. The first-order valence-electron chi connectivity index (χ1n) is 8.20. The van der Waals surface area contributed by atoms with Crippen LogP contribution in [0.1, 0.15) is 54.0 Å². The number of esters is 1. The van der Waals surface area contributed by atoms with Crippen LogP contribution < -0.4 is 0 Å². The molecule has 0 spiro atoms. The highest BCUT2D eigenvalue weighted by molar-refractivity contribution is 6.01. The number of non-ortho nitro benzene ring substituents is 1. The molecular formula is C20H21NO5. The van der Waals surface area contributed by atoms with Gasteiger partial charge in [0.2, 0.25) is 5.78 Å². The Bertz CT molecular complexity index is 817. The van der Waals surface area contributed by atoms with Crippen molar-refractivity contribution in [3.05, 3.63) is 75.3 Å². The molecule has 0 amide bonds. The zero-order valence-electron chi connectivity index (χ0n) is 15.2. The summed E-state index contributed by atoms with van der Waals surface area (Å²) in [4.78, 5) is 34.6. The summed E-state index contributed by atoms with van der Waals surface area (Å²) in [5.74, 6) is -1.01. The molecule has 2 rings (SSSR count). The summed E-state index contributed by atoms with van der Waals surface area (Å²) in [5, 5.41) is 10.6. The minimum atomic E-state index is -0.960. The number of nitro groups is 1. The zero-order valence-corrected chi connectivity index (χ0v) is 15.2. The van der Waals surface area contributed by atoms with Crippen LogP contribution in [0.5, 0.6) is 0 Å². The smallest absolute Gasteiger partial charge is 0.338 e. The van der Waals surface area contributed by atoms with E-state index in [9.17, 15) is 19.7 Å². The van der Waals surface area contributed by atoms with Crippen LogP contribution in [0.2, 0.25) is 0 Å². The number of nitro benzene ring substituents is 1. The molecule has 136 valence electrons. The molecule has 0 aromatic heterocycles. The number of carbonyl (C=O) groups is 2. The fraction of sp³-hybridized carbons (Fsp3) is 0.300. The average Bonchev–Trinajstić information content (AvgIpc) is 2.60. The topological polar surface area (TPSA) is 86.5 Å². The third-order valence-electron chi connectivity index (χ3n) is 4.00. The van der Waals surface area contributed by atoms with Crippen molar-refractivity contribution in [2.24, 2.45) is 0 Å². The number of benzene rings is 2. The van der Waals surface area contributed by atoms with Crippen LogP contribution >= 0.6 is 0 Å². The molecular weight excluding hydrogens is 334 g/mol. The van der Waals surface area contributed by atoms with Gasteiger partial charge in [-0.05, 0) is 30.0 Å². The maximum Gasteiger partial charge on any atom is 0.338 e. The fourth-order valence-electron chi connectivity index (χ4n) is 2.37. The standard InChI is InChI=1S/C20H21NO5/c1-13(18(22)14-5-9-16(10-6-14)20(2,3)4)26-19(23)15-7-11-17(12-8-15)21(24)25/h5-13H,1-4H3/t13-/m1/s1.